The van der Waals surface area contributed by atoms with Gasteiger partial charge in [-0.2, -0.15) is 0 Å². The van der Waals surface area contributed by atoms with Crippen molar-refractivity contribution in [3.05, 3.63) is 0 Å². The molecule has 76 valence electrons. The number of aliphatic hydroxyl groups excluding tert-OH is 1. The van der Waals surface area contributed by atoms with Crippen molar-refractivity contribution in [2.75, 3.05) is 6.61 Å². The number of hydrogen-bond donors (Lipinski definition) is 1. The number of hydrogen-bond acceptors (Lipinski definition) is 3. The molecule has 0 aliphatic carbocycles. The summed E-state index contributed by atoms with van der Waals surface area (Å²) in [6, 6.07) is 0. The van der Waals surface area contributed by atoms with E-state index in [1.165, 1.54) is 0 Å². The molecular formula is C10H18O3. The van der Waals surface area contributed by atoms with Gasteiger partial charge in [-0.05, 0) is 19.3 Å². The molecule has 2 atom stereocenters. The Hall–Kier alpha value is -0.570. The Bertz CT molecular complexity index is 168. The van der Waals surface area contributed by atoms with Gasteiger partial charge in [0.1, 0.15) is 6.10 Å². The summed E-state index contributed by atoms with van der Waals surface area (Å²) in [5.74, 6) is -0.0264. The summed E-state index contributed by atoms with van der Waals surface area (Å²) in [6.07, 6.45) is 4.59. The lowest BCUT2D eigenvalue weighted by Gasteiger charge is -2.26. The maximum atomic E-state index is 11.3. The van der Waals surface area contributed by atoms with Crippen molar-refractivity contribution < 1.29 is 14.6 Å². The molecule has 1 fully saturated rings. The van der Waals surface area contributed by atoms with Gasteiger partial charge in [-0.3, -0.25) is 4.79 Å². The number of esters is 1. The van der Waals surface area contributed by atoms with Crippen molar-refractivity contribution >= 4 is 5.97 Å². The molecule has 3 heteroatoms. The molecule has 0 spiro atoms. The lowest BCUT2D eigenvalue weighted by atomic mass is 9.93. The first kappa shape index (κ1) is 10.5. The minimum atomic E-state index is -0.245. The van der Waals surface area contributed by atoms with Gasteiger partial charge < -0.3 is 9.84 Å². The van der Waals surface area contributed by atoms with Gasteiger partial charge in [0.05, 0.1) is 12.5 Å². The van der Waals surface area contributed by atoms with Crippen molar-refractivity contribution in [1.29, 1.82) is 0 Å². The van der Waals surface area contributed by atoms with E-state index in [9.17, 15) is 4.79 Å². The van der Waals surface area contributed by atoms with Crippen LogP contribution in [0.4, 0.5) is 0 Å². The molecule has 3 nitrogen and oxygen atoms in total. The van der Waals surface area contributed by atoms with Crippen LogP contribution in [0.2, 0.25) is 0 Å². The monoisotopic (exact) mass is 186 g/mol. The third-order valence-electron chi connectivity index (χ3n) is 2.56. The third-order valence-corrected chi connectivity index (χ3v) is 2.56. The number of aliphatic hydroxyl groups is 1. The predicted octanol–water partition coefficient (Wildman–Crippen LogP) is 1.49. The Morgan fingerprint density at radius 3 is 2.85 bits per heavy atom. The molecule has 1 aliphatic heterocycles. The highest BCUT2D eigenvalue weighted by Crippen LogP contribution is 2.24. The number of cyclic esters (lactones) is 1. The van der Waals surface area contributed by atoms with Crippen molar-refractivity contribution in [3.63, 3.8) is 0 Å². The van der Waals surface area contributed by atoms with E-state index in [1.807, 2.05) is 0 Å². The summed E-state index contributed by atoms with van der Waals surface area (Å²) in [5.41, 5.74) is 0. The number of ether oxygens (including phenoxy) is 1. The molecular weight excluding hydrogens is 168 g/mol. The minimum Gasteiger partial charge on any atom is -0.460 e. The summed E-state index contributed by atoms with van der Waals surface area (Å²) in [4.78, 5) is 11.3. The molecule has 13 heavy (non-hydrogen) atoms. The van der Waals surface area contributed by atoms with Gasteiger partial charge in [0.2, 0.25) is 0 Å². The van der Waals surface area contributed by atoms with Crippen molar-refractivity contribution in [2.45, 2.75) is 45.1 Å². The Labute approximate surface area is 79.1 Å². The van der Waals surface area contributed by atoms with Gasteiger partial charge in [-0.25, -0.2) is 0 Å². The lowest BCUT2D eigenvalue weighted by molar-refractivity contribution is -0.163. The van der Waals surface area contributed by atoms with E-state index >= 15 is 0 Å². The summed E-state index contributed by atoms with van der Waals surface area (Å²) >= 11 is 0. The molecule has 1 N–H and O–H groups in total. The van der Waals surface area contributed by atoms with Crippen LogP contribution in [0.25, 0.3) is 0 Å². The summed E-state index contributed by atoms with van der Waals surface area (Å²) in [6.45, 7) is 2.08. The maximum absolute atomic E-state index is 11.3. The fourth-order valence-corrected chi connectivity index (χ4v) is 1.67. The van der Waals surface area contributed by atoms with Crippen LogP contribution >= 0.6 is 0 Å². The smallest absolute Gasteiger partial charge is 0.309 e. The van der Waals surface area contributed by atoms with Crippen LogP contribution in [-0.2, 0) is 9.53 Å². The molecule has 0 aromatic heterocycles. The van der Waals surface area contributed by atoms with Crippen LogP contribution in [0.1, 0.15) is 39.0 Å². The van der Waals surface area contributed by atoms with E-state index in [-0.39, 0.29) is 24.6 Å². The highest BCUT2D eigenvalue weighted by molar-refractivity contribution is 5.73. The highest BCUT2D eigenvalue weighted by Gasteiger charge is 2.28. The topological polar surface area (TPSA) is 46.5 Å². The van der Waals surface area contributed by atoms with Gasteiger partial charge in [-0.15, -0.1) is 0 Å². The quantitative estimate of drug-likeness (QED) is 0.677. The predicted molar refractivity (Wildman–Crippen MR) is 49.2 cm³/mol. The minimum absolute atomic E-state index is 0.0355. The average molecular weight is 186 g/mol. The lowest BCUT2D eigenvalue weighted by Crippen LogP contribution is -2.33. The largest absolute Gasteiger partial charge is 0.460 e. The molecule has 0 aromatic carbocycles. The second-order valence-electron chi connectivity index (χ2n) is 3.66. The number of carbonyl (C=O) groups is 1. The molecule has 1 rings (SSSR count). The van der Waals surface area contributed by atoms with Gasteiger partial charge in [0, 0.05) is 0 Å². The van der Waals surface area contributed by atoms with E-state index in [2.05, 4.69) is 6.92 Å². The highest BCUT2D eigenvalue weighted by atomic mass is 16.6. The van der Waals surface area contributed by atoms with Crippen LogP contribution in [-0.4, -0.2) is 23.8 Å². The number of rotatable bonds is 4. The van der Waals surface area contributed by atoms with E-state index < -0.39 is 0 Å². The SMILES string of the molecule is CCCC[C@H]1CCC(CO)OC1=O. The van der Waals surface area contributed by atoms with Gasteiger partial charge >= 0.3 is 5.97 Å². The third kappa shape index (κ3) is 2.99. The van der Waals surface area contributed by atoms with E-state index in [0.29, 0.717) is 0 Å². The normalized spacial score (nSPS) is 28.6. The standard InChI is InChI=1S/C10H18O3/c1-2-3-4-8-5-6-9(7-11)13-10(8)12/h8-9,11H,2-7H2,1H3/t8-,9?/m0/s1. The first-order valence-corrected chi connectivity index (χ1v) is 5.09. The molecule has 1 saturated heterocycles. The van der Waals surface area contributed by atoms with Crippen LogP contribution in [0.5, 0.6) is 0 Å². The molecule has 1 heterocycles. The van der Waals surface area contributed by atoms with Crippen LogP contribution < -0.4 is 0 Å². The van der Waals surface area contributed by atoms with Crippen LogP contribution in [0.15, 0.2) is 0 Å². The molecule has 0 radical (unpaired) electrons. The molecule has 0 bridgehead atoms. The molecule has 0 amide bonds. The first-order chi connectivity index (χ1) is 6.27. The van der Waals surface area contributed by atoms with Crippen molar-refractivity contribution in [2.24, 2.45) is 5.92 Å². The zero-order valence-corrected chi connectivity index (χ0v) is 8.16. The molecule has 1 unspecified atom stereocenters. The van der Waals surface area contributed by atoms with Crippen LogP contribution in [0, 0.1) is 5.92 Å². The van der Waals surface area contributed by atoms with E-state index in [1.54, 1.807) is 0 Å². The number of unbranched alkanes of at least 4 members (excludes halogenated alkanes) is 1. The van der Waals surface area contributed by atoms with Crippen LogP contribution in [0.3, 0.4) is 0 Å². The molecule has 0 aromatic rings. The molecule has 0 saturated carbocycles. The van der Waals surface area contributed by atoms with Gasteiger partial charge in [-0.1, -0.05) is 19.8 Å². The Morgan fingerprint density at radius 1 is 1.54 bits per heavy atom. The van der Waals surface area contributed by atoms with Gasteiger partial charge in [0.25, 0.3) is 0 Å². The van der Waals surface area contributed by atoms with Crippen molar-refractivity contribution in [1.82, 2.24) is 0 Å². The second kappa shape index (κ2) is 5.22. The first-order valence-electron chi connectivity index (χ1n) is 5.09. The van der Waals surface area contributed by atoms with Crippen molar-refractivity contribution in [3.8, 4) is 0 Å². The zero-order chi connectivity index (χ0) is 9.68. The summed E-state index contributed by atoms with van der Waals surface area (Å²) in [7, 11) is 0. The zero-order valence-electron chi connectivity index (χ0n) is 8.16. The van der Waals surface area contributed by atoms with E-state index in [0.717, 1.165) is 32.1 Å². The number of carbonyl (C=O) groups excluding carboxylic acids is 1. The Morgan fingerprint density at radius 2 is 2.31 bits per heavy atom. The van der Waals surface area contributed by atoms with E-state index in [4.69, 9.17) is 9.84 Å². The molecule has 1 aliphatic rings. The second-order valence-corrected chi connectivity index (χ2v) is 3.66. The Kier molecular flexibility index (Phi) is 4.22. The summed E-state index contributed by atoms with van der Waals surface area (Å²) < 4.78 is 5.06. The fourth-order valence-electron chi connectivity index (χ4n) is 1.67. The maximum Gasteiger partial charge on any atom is 0.309 e. The fraction of sp³-hybridized carbons (Fsp3) is 0.900. The summed E-state index contributed by atoms with van der Waals surface area (Å²) in [5, 5.41) is 8.79. The van der Waals surface area contributed by atoms with Gasteiger partial charge in [0.15, 0.2) is 0 Å². The average Bonchev–Trinajstić information content (AvgIpc) is 2.16. The Balaban J connectivity index is 2.31.